The van der Waals surface area contributed by atoms with E-state index in [1.165, 1.54) is 23.3 Å². The number of hydrogen-bond donors (Lipinski definition) is 1. The van der Waals surface area contributed by atoms with Gasteiger partial charge in [-0.1, -0.05) is 42.1 Å². The van der Waals surface area contributed by atoms with Crippen LogP contribution in [0.4, 0.5) is 10.1 Å². The molecule has 1 aliphatic heterocycles. The number of anilines is 1. The average molecular weight is 447 g/mol. The lowest BCUT2D eigenvalue weighted by Gasteiger charge is -2.18. The first-order chi connectivity index (χ1) is 15.6. The predicted molar refractivity (Wildman–Crippen MR) is 119 cm³/mol. The SMILES string of the molecule is N#C/C(C(=O)NCc1ccco1)=C1\SC(Cc2ccc(F)cc2)C(=O)N1c1ccccc1. The molecule has 1 N–H and O–H groups in total. The lowest BCUT2D eigenvalue weighted by Crippen LogP contribution is -2.32. The Morgan fingerprint density at radius 3 is 2.53 bits per heavy atom. The third kappa shape index (κ3) is 4.58. The molecule has 4 rings (SSSR count). The van der Waals surface area contributed by atoms with Gasteiger partial charge >= 0.3 is 0 Å². The topological polar surface area (TPSA) is 86.3 Å². The van der Waals surface area contributed by atoms with Crippen LogP contribution in [-0.2, 0) is 22.6 Å². The van der Waals surface area contributed by atoms with E-state index in [-0.39, 0.29) is 28.9 Å². The van der Waals surface area contributed by atoms with E-state index in [1.54, 1.807) is 48.5 Å². The molecule has 1 aliphatic rings. The number of carbonyl (C=O) groups excluding carboxylic acids is 2. The molecule has 1 aromatic heterocycles. The van der Waals surface area contributed by atoms with Gasteiger partial charge in [-0.2, -0.15) is 5.26 Å². The Morgan fingerprint density at radius 1 is 1.12 bits per heavy atom. The van der Waals surface area contributed by atoms with Crippen LogP contribution < -0.4 is 10.2 Å². The highest BCUT2D eigenvalue weighted by Crippen LogP contribution is 2.41. The van der Waals surface area contributed by atoms with Crippen molar-refractivity contribution < 1.29 is 18.4 Å². The number of carbonyl (C=O) groups is 2. The van der Waals surface area contributed by atoms with Gasteiger partial charge < -0.3 is 9.73 Å². The number of benzene rings is 2. The summed E-state index contributed by atoms with van der Waals surface area (Å²) in [4.78, 5) is 27.5. The smallest absolute Gasteiger partial charge is 0.265 e. The molecule has 0 saturated carbocycles. The van der Waals surface area contributed by atoms with Gasteiger partial charge in [-0.15, -0.1) is 0 Å². The Bertz CT molecular complexity index is 1190. The number of halogens is 1. The van der Waals surface area contributed by atoms with Crippen LogP contribution in [0.5, 0.6) is 0 Å². The number of nitriles is 1. The second-order valence-corrected chi connectivity index (χ2v) is 8.19. The number of furan rings is 1. The van der Waals surface area contributed by atoms with Gasteiger partial charge in [0.15, 0.2) is 0 Å². The normalized spacial score (nSPS) is 17.2. The molecule has 1 atom stereocenters. The number of hydrogen-bond acceptors (Lipinski definition) is 5. The van der Waals surface area contributed by atoms with Gasteiger partial charge in [-0.3, -0.25) is 14.5 Å². The van der Waals surface area contributed by atoms with Crippen molar-refractivity contribution in [2.75, 3.05) is 4.90 Å². The van der Waals surface area contributed by atoms with Crippen LogP contribution in [0.25, 0.3) is 0 Å². The predicted octanol–water partition coefficient (Wildman–Crippen LogP) is 4.16. The molecule has 0 aliphatic carbocycles. The van der Waals surface area contributed by atoms with Crippen molar-refractivity contribution >= 4 is 29.3 Å². The quantitative estimate of drug-likeness (QED) is 0.453. The zero-order chi connectivity index (χ0) is 22.5. The number of rotatable bonds is 6. The van der Waals surface area contributed by atoms with E-state index in [4.69, 9.17) is 4.42 Å². The van der Waals surface area contributed by atoms with E-state index >= 15 is 0 Å². The fourth-order valence-electron chi connectivity index (χ4n) is 3.30. The van der Waals surface area contributed by atoms with Crippen molar-refractivity contribution in [3.8, 4) is 6.07 Å². The van der Waals surface area contributed by atoms with Gasteiger partial charge in [0.1, 0.15) is 28.2 Å². The van der Waals surface area contributed by atoms with Gasteiger partial charge in [0.25, 0.3) is 5.91 Å². The van der Waals surface area contributed by atoms with Crippen LogP contribution in [0, 0.1) is 17.1 Å². The van der Waals surface area contributed by atoms with Crippen LogP contribution in [0.1, 0.15) is 11.3 Å². The van der Waals surface area contributed by atoms with Crippen LogP contribution in [0.3, 0.4) is 0 Å². The highest BCUT2D eigenvalue weighted by atomic mass is 32.2. The van der Waals surface area contributed by atoms with Gasteiger partial charge in [0.05, 0.1) is 18.1 Å². The Hall–Kier alpha value is -3.83. The van der Waals surface area contributed by atoms with Crippen LogP contribution in [-0.4, -0.2) is 17.1 Å². The van der Waals surface area contributed by atoms with Crippen LogP contribution in [0.15, 0.2) is 88.0 Å². The number of amides is 2. The largest absolute Gasteiger partial charge is 0.467 e. The van der Waals surface area contributed by atoms with Crippen LogP contribution >= 0.6 is 11.8 Å². The minimum atomic E-state index is -0.595. The van der Waals surface area contributed by atoms with E-state index < -0.39 is 11.2 Å². The Balaban J connectivity index is 1.66. The summed E-state index contributed by atoms with van der Waals surface area (Å²) in [5, 5.41) is 12.2. The van der Waals surface area contributed by atoms with Crippen molar-refractivity contribution in [1.29, 1.82) is 5.26 Å². The van der Waals surface area contributed by atoms with Gasteiger partial charge in [-0.05, 0) is 48.4 Å². The molecule has 0 spiro atoms. The first-order valence-corrected chi connectivity index (χ1v) is 10.7. The number of nitrogens with one attached hydrogen (secondary N) is 1. The number of nitrogens with zero attached hydrogens (tertiary/aromatic N) is 2. The molecule has 0 bridgehead atoms. The molecule has 1 fully saturated rings. The molecule has 1 saturated heterocycles. The molecular formula is C24H18FN3O3S. The first-order valence-electron chi connectivity index (χ1n) is 9.82. The number of para-hydroxylation sites is 1. The van der Waals surface area contributed by atoms with E-state index in [0.29, 0.717) is 17.9 Å². The Kier molecular flexibility index (Phi) is 6.38. The lowest BCUT2D eigenvalue weighted by molar-refractivity contribution is -0.117. The monoisotopic (exact) mass is 447 g/mol. The molecule has 2 heterocycles. The summed E-state index contributed by atoms with van der Waals surface area (Å²) < 4.78 is 18.5. The highest BCUT2D eigenvalue weighted by Gasteiger charge is 2.40. The maximum Gasteiger partial charge on any atom is 0.265 e. The zero-order valence-electron chi connectivity index (χ0n) is 16.8. The average Bonchev–Trinajstić information content (AvgIpc) is 3.43. The molecular weight excluding hydrogens is 429 g/mol. The summed E-state index contributed by atoms with van der Waals surface area (Å²) in [5.41, 5.74) is 1.20. The second-order valence-electron chi connectivity index (χ2n) is 7.00. The van der Waals surface area contributed by atoms with E-state index in [2.05, 4.69) is 5.32 Å². The highest BCUT2D eigenvalue weighted by molar-refractivity contribution is 8.05. The van der Waals surface area contributed by atoms with E-state index in [9.17, 15) is 19.2 Å². The van der Waals surface area contributed by atoms with Crippen molar-refractivity contribution in [2.24, 2.45) is 0 Å². The van der Waals surface area contributed by atoms with Gasteiger partial charge in [0.2, 0.25) is 5.91 Å². The molecule has 8 heteroatoms. The summed E-state index contributed by atoms with van der Waals surface area (Å²) in [6.45, 7) is 0.118. The molecule has 160 valence electrons. The first kappa shape index (κ1) is 21.4. The van der Waals surface area contributed by atoms with Crippen molar-refractivity contribution in [1.82, 2.24) is 5.32 Å². The van der Waals surface area contributed by atoms with Crippen molar-refractivity contribution in [3.05, 3.63) is 101 Å². The summed E-state index contributed by atoms with van der Waals surface area (Å²) in [6, 6.07) is 20.2. The zero-order valence-corrected chi connectivity index (χ0v) is 17.6. The minimum absolute atomic E-state index is 0.118. The molecule has 1 unspecified atom stereocenters. The van der Waals surface area contributed by atoms with Gasteiger partial charge in [-0.25, -0.2) is 4.39 Å². The molecule has 2 amide bonds. The second kappa shape index (κ2) is 9.54. The maximum absolute atomic E-state index is 13.3. The molecule has 0 radical (unpaired) electrons. The standard InChI is InChI=1S/C24H18FN3O3S/c25-17-10-8-16(9-11-17)13-21-23(30)28(18-5-2-1-3-6-18)24(32-21)20(14-26)22(29)27-15-19-7-4-12-31-19/h1-12,21H,13,15H2,(H,27,29)/b24-20+. The van der Waals surface area contributed by atoms with Crippen molar-refractivity contribution in [2.45, 2.75) is 18.2 Å². The lowest BCUT2D eigenvalue weighted by atomic mass is 10.1. The van der Waals surface area contributed by atoms with E-state index in [1.807, 2.05) is 12.1 Å². The minimum Gasteiger partial charge on any atom is -0.467 e. The van der Waals surface area contributed by atoms with Crippen molar-refractivity contribution in [3.63, 3.8) is 0 Å². The number of thioether (sulfide) groups is 1. The third-order valence-electron chi connectivity index (χ3n) is 4.86. The fourth-order valence-corrected chi connectivity index (χ4v) is 4.61. The van der Waals surface area contributed by atoms with Crippen LogP contribution in [0.2, 0.25) is 0 Å². The Labute approximate surface area is 188 Å². The maximum atomic E-state index is 13.3. The Morgan fingerprint density at radius 2 is 1.88 bits per heavy atom. The third-order valence-corrected chi connectivity index (χ3v) is 6.12. The molecule has 32 heavy (non-hydrogen) atoms. The summed E-state index contributed by atoms with van der Waals surface area (Å²) in [7, 11) is 0. The van der Waals surface area contributed by atoms with E-state index in [0.717, 1.165) is 17.3 Å². The van der Waals surface area contributed by atoms with Gasteiger partial charge in [0, 0.05) is 5.69 Å². The fraction of sp³-hybridized carbons (Fsp3) is 0.125. The molecule has 6 nitrogen and oxygen atoms in total. The summed E-state index contributed by atoms with van der Waals surface area (Å²) in [5.74, 6) is -0.648. The molecule has 2 aromatic carbocycles. The molecule has 3 aromatic rings. The summed E-state index contributed by atoms with van der Waals surface area (Å²) in [6.07, 6.45) is 1.83. The summed E-state index contributed by atoms with van der Waals surface area (Å²) >= 11 is 1.16.